The van der Waals surface area contributed by atoms with Crippen LogP contribution >= 0.6 is 0 Å². The van der Waals surface area contributed by atoms with Crippen LogP contribution in [0.4, 0.5) is 11.4 Å². The molecular weight excluding hydrogens is 428 g/mol. The monoisotopic (exact) mass is 452 g/mol. The fourth-order valence-electron chi connectivity index (χ4n) is 2.94. The Balaban J connectivity index is 1.71. The summed E-state index contributed by atoms with van der Waals surface area (Å²) in [5.41, 5.74) is 2.22. The Morgan fingerprint density at radius 2 is 1.50 bits per heavy atom. The van der Waals surface area contributed by atoms with E-state index in [2.05, 4.69) is 0 Å². The minimum Gasteiger partial charge on any atom is -0.452 e. The summed E-state index contributed by atoms with van der Waals surface area (Å²) in [6.45, 7) is 1.44. The first-order valence-corrected chi connectivity index (χ1v) is 11.3. The average Bonchev–Trinajstić information content (AvgIpc) is 2.82. The number of nitrogens with zero attached hydrogens (tertiary/aromatic N) is 2. The van der Waals surface area contributed by atoms with Gasteiger partial charge in [0.2, 0.25) is 0 Å². The smallest absolute Gasteiger partial charge is 0.338 e. The van der Waals surface area contributed by atoms with Crippen molar-refractivity contribution in [3.05, 3.63) is 90.0 Å². The predicted molar refractivity (Wildman–Crippen MR) is 123 cm³/mol. The highest BCUT2D eigenvalue weighted by Gasteiger charge is 2.23. The van der Waals surface area contributed by atoms with Crippen molar-refractivity contribution >= 4 is 33.3 Å². The normalized spacial score (nSPS) is 11.0. The first kappa shape index (κ1) is 23.0. The van der Waals surface area contributed by atoms with Gasteiger partial charge in [0.1, 0.15) is 0 Å². The second-order valence-corrected chi connectivity index (χ2v) is 9.17. The molecule has 32 heavy (non-hydrogen) atoms. The van der Waals surface area contributed by atoms with E-state index in [-0.39, 0.29) is 10.5 Å². The molecule has 0 saturated carbocycles. The fraction of sp³-hybridized carbons (Fsp3) is 0.167. The number of para-hydroxylation sites is 1. The van der Waals surface area contributed by atoms with E-state index in [1.54, 1.807) is 43.4 Å². The number of hydrogen-bond acceptors (Lipinski definition) is 5. The van der Waals surface area contributed by atoms with Gasteiger partial charge in [-0.2, -0.15) is 0 Å². The van der Waals surface area contributed by atoms with Crippen molar-refractivity contribution in [1.82, 2.24) is 0 Å². The van der Waals surface area contributed by atoms with Gasteiger partial charge < -0.3 is 9.64 Å². The number of rotatable bonds is 7. The third-order valence-corrected chi connectivity index (χ3v) is 6.75. The number of amides is 1. The van der Waals surface area contributed by atoms with Crippen LogP contribution in [0.3, 0.4) is 0 Å². The van der Waals surface area contributed by atoms with Crippen LogP contribution in [0.1, 0.15) is 15.9 Å². The molecule has 3 aromatic rings. The predicted octanol–water partition coefficient (Wildman–Crippen LogP) is 3.64. The van der Waals surface area contributed by atoms with Gasteiger partial charge in [-0.15, -0.1) is 0 Å². The molecule has 8 heteroatoms. The molecule has 166 valence electrons. The standard InChI is InChI=1S/C24H24N2O5S/c1-18-12-14-21(15-13-18)26(3)32(29,30)22-11-7-8-19(16-22)24(28)31-17-23(27)25(2)20-9-5-4-6-10-20/h4-16H,17H2,1-3H3. The Hall–Kier alpha value is -3.65. The maximum atomic E-state index is 13.0. The number of esters is 1. The SMILES string of the molecule is Cc1ccc(N(C)S(=O)(=O)c2cccc(C(=O)OCC(=O)N(C)c3ccccc3)c2)cc1. The number of carbonyl (C=O) groups is 2. The lowest BCUT2D eigenvalue weighted by atomic mass is 10.2. The molecule has 0 spiro atoms. The quantitative estimate of drug-likeness (QED) is 0.511. The molecule has 0 aliphatic heterocycles. The molecule has 3 rings (SSSR count). The van der Waals surface area contributed by atoms with Gasteiger partial charge in [0, 0.05) is 19.8 Å². The lowest BCUT2D eigenvalue weighted by Crippen LogP contribution is -2.31. The molecule has 0 N–H and O–H groups in total. The van der Waals surface area contributed by atoms with Crippen molar-refractivity contribution < 1.29 is 22.7 Å². The molecule has 0 atom stereocenters. The van der Waals surface area contributed by atoms with Crippen molar-refractivity contribution in [3.8, 4) is 0 Å². The van der Waals surface area contributed by atoms with Crippen molar-refractivity contribution in [2.75, 3.05) is 29.9 Å². The molecule has 0 aromatic heterocycles. The van der Waals surface area contributed by atoms with Crippen LogP contribution < -0.4 is 9.21 Å². The number of anilines is 2. The molecule has 0 aliphatic carbocycles. The maximum Gasteiger partial charge on any atom is 0.338 e. The Bertz CT molecular complexity index is 1210. The second kappa shape index (κ2) is 9.65. The Labute approximate surface area is 187 Å². The Morgan fingerprint density at radius 3 is 2.16 bits per heavy atom. The van der Waals surface area contributed by atoms with E-state index in [0.717, 1.165) is 9.87 Å². The highest BCUT2D eigenvalue weighted by atomic mass is 32.2. The summed E-state index contributed by atoms with van der Waals surface area (Å²) in [5, 5.41) is 0. The number of hydrogen-bond donors (Lipinski definition) is 0. The van der Waals surface area contributed by atoms with Gasteiger partial charge in [0.05, 0.1) is 16.1 Å². The van der Waals surface area contributed by atoms with Gasteiger partial charge in [0.25, 0.3) is 15.9 Å². The van der Waals surface area contributed by atoms with E-state index < -0.39 is 28.5 Å². The molecule has 7 nitrogen and oxygen atoms in total. The zero-order valence-corrected chi connectivity index (χ0v) is 18.9. The lowest BCUT2D eigenvalue weighted by Gasteiger charge is -2.20. The maximum absolute atomic E-state index is 13.0. The highest BCUT2D eigenvalue weighted by Crippen LogP contribution is 2.23. The van der Waals surface area contributed by atoms with Crippen molar-refractivity contribution in [2.24, 2.45) is 0 Å². The molecule has 0 unspecified atom stereocenters. The molecular formula is C24H24N2O5S. The minimum absolute atomic E-state index is 0.0403. The summed E-state index contributed by atoms with van der Waals surface area (Å²) >= 11 is 0. The molecule has 0 radical (unpaired) electrons. The fourth-order valence-corrected chi connectivity index (χ4v) is 4.18. The van der Waals surface area contributed by atoms with Crippen molar-refractivity contribution in [2.45, 2.75) is 11.8 Å². The Morgan fingerprint density at radius 1 is 0.844 bits per heavy atom. The van der Waals surface area contributed by atoms with Gasteiger partial charge in [-0.25, -0.2) is 13.2 Å². The lowest BCUT2D eigenvalue weighted by molar-refractivity contribution is -0.121. The first-order chi connectivity index (χ1) is 15.2. The van der Waals surface area contributed by atoms with Gasteiger partial charge >= 0.3 is 5.97 Å². The van der Waals surface area contributed by atoms with Crippen LogP contribution in [0.25, 0.3) is 0 Å². The average molecular weight is 453 g/mol. The summed E-state index contributed by atoms with van der Waals surface area (Å²) < 4.78 is 32.3. The van der Waals surface area contributed by atoms with Crippen LogP contribution in [0, 0.1) is 6.92 Å². The van der Waals surface area contributed by atoms with Crippen LogP contribution in [-0.2, 0) is 19.6 Å². The first-order valence-electron chi connectivity index (χ1n) is 9.84. The van der Waals surface area contributed by atoms with Crippen LogP contribution in [0.15, 0.2) is 83.8 Å². The summed E-state index contributed by atoms with van der Waals surface area (Å²) in [6, 6.07) is 21.6. The molecule has 0 heterocycles. The number of aryl methyl sites for hydroxylation is 1. The summed E-state index contributed by atoms with van der Waals surface area (Å²) in [4.78, 5) is 26.1. The van der Waals surface area contributed by atoms with Gasteiger partial charge in [-0.3, -0.25) is 9.10 Å². The van der Waals surface area contributed by atoms with Gasteiger partial charge in [-0.1, -0.05) is 42.0 Å². The zero-order chi connectivity index (χ0) is 23.3. The highest BCUT2D eigenvalue weighted by molar-refractivity contribution is 7.92. The third-order valence-electron chi connectivity index (χ3n) is 4.97. The molecule has 0 saturated heterocycles. The van der Waals surface area contributed by atoms with Crippen LogP contribution in [0.5, 0.6) is 0 Å². The number of benzene rings is 3. The Kier molecular flexibility index (Phi) is 6.95. The molecule has 0 aliphatic rings. The number of ether oxygens (including phenoxy) is 1. The number of likely N-dealkylation sites (N-methyl/N-ethyl adjacent to an activating group) is 1. The topological polar surface area (TPSA) is 84.0 Å². The largest absolute Gasteiger partial charge is 0.452 e. The minimum atomic E-state index is -3.89. The van der Waals surface area contributed by atoms with E-state index in [9.17, 15) is 18.0 Å². The van der Waals surface area contributed by atoms with E-state index in [0.29, 0.717) is 11.4 Å². The summed E-state index contributed by atoms with van der Waals surface area (Å²) in [6.07, 6.45) is 0. The van der Waals surface area contributed by atoms with Crippen LogP contribution in [-0.4, -0.2) is 41.0 Å². The molecule has 0 fully saturated rings. The molecule has 3 aromatic carbocycles. The van der Waals surface area contributed by atoms with E-state index in [4.69, 9.17) is 4.74 Å². The summed E-state index contributed by atoms with van der Waals surface area (Å²) in [5.74, 6) is -1.19. The van der Waals surface area contributed by atoms with E-state index >= 15 is 0 Å². The third kappa shape index (κ3) is 5.15. The zero-order valence-electron chi connectivity index (χ0n) is 18.1. The van der Waals surface area contributed by atoms with Crippen molar-refractivity contribution in [1.29, 1.82) is 0 Å². The summed E-state index contributed by atoms with van der Waals surface area (Å²) in [7, 11) is -0.861. The van der Waals surface area contributed by atoms with E-state index in [1.807, 2.05) is 25.1 Å². The molecule has 1 amide bonds. The second-order valence-electron chi connectivity index (χ2n) is 7.20. The number of sulfonamides is 1. The van der Waals surface area contributed by atoms with Crippen molar-refractivity contribution in [3.63, 3.8) is 0 Å². The van der Waals surface area contributed by atoms with E-state index in [1.165, 1.54) is 36.2 Å². The van der Waals surface area contributed by atoms with Gasteiger partial charge in [0.15, 0.2) is 6.61 Å². The molecule has 0 bridgehead atoms. The van der Waals surface area contributed by atoms with Gasteiger partial charge in [-0.05, 0) is 49.4 Å². The van der Waals surface area contributed by atoms with Crippen LogP contribution in [0.2, 0.25) is 0 Å². The number of carbonyl (C=O) groups excluding carboxylic acids is 2.